The second-order valence-corrected chi connectivity index (χ2v) is 2.23. The van der Waals surface area contributed by atoms with Crippen molar-refractivity contribution in [1.29, 1.82) is 0 Å². The number of nitrogens with two attached hydrogens (primary N) is 1. The van der Waals surface area contributed by atoms with Crippen LogP contribution in [-0.2, 0) is 18.5 Å². The fourth-order valence-electron chi connectivity index (χ4n) is 0.775. The average molecular weight is 171 g/mol. The number of nitrogens with zero attached hydrogens (tertiary/aromatic N) is 2. The molecule has 0 radical (unpaired) electrons. The van der Waals surface area contributed by atoms with E-state index in [9.17, 15) is 4.79 Å². The molecule has 6 nitrogen and oxygen atoms in total. The highest BCUT2D eigenvalue weighted by Gasteiger charge is 2.04. The van der Waals surface area contributed by atoms with Crippen molar-refractivity contribution in [2.24, 2.45) is 12.9 Å². The molecule has 1 heterocycles. The Morgan fingerprint density at radius 3 is 3.08 bits per heavy atom. The largest absolute Gasteiger partial charge is 0.502 e. The molecule has 0 fully saturated rings. The summed E-state index contributed by atoms with van der Waals surface area (Å²) >= 11 is 0. The van der Waals surface area contributed by atoms with Gasteiger partial charge in [0, 0.05) is 7.05 Å². The van der Waals surface area contributed by atoms with E-state index in [0.29, 0.717) is 5.82 Å². The lowest BCUT2D eigenvalue weighted by Gasteiger charge is -2.04. The molecule has 1 aromatic rings. The molecule has 3 N–H and O–H groups in total. The summed E-state index contributed by atoms with van der Waals surface area (Å²) in [5, 5.41) is 8.92. The van der Waals surface area contributed by atoms with Crippen molar-refractivity contribution in [3.05, 3.63) is 22.4 Å². The van der Waals surface area contributed by atoms with Gasteiger partial charge in [-0.25, -0.2) is 10.9 Å². The van der Waals surface area contributed by atoms with Gasteiger partial charge in [0.1, 0.15) is 12.4 Å². The summed E-state index contributed by atoms with van der Waals surface area (Å²) in [6, 6.07) is 0. The third-order valence-corrected chi connectivity index (χ3v) is 1.46. The maximum atomic E-state index is 11.0. The van der Waals surface area contributed by atoms with Gasteiger partial charge in [0.05, 0.1) is 6.20 Å². The first kappa shape index (κ1) is 8.69. The number of hydrogen-bond acceptors (Lipinski definition) is 5. The van der Waals surface area contributed by atoms with Gasteiger partial charge in [0.2, 0.25) is 0 Å². The Hall–Kier alpha value is -1.40. The van der Waals surface area contributed by atoms with Crippen LogP contribution >= 0.6 is 0 Å². The molecule has 1 aromatic heterocycles. The first-order valence-electron chi connectivity index (χ1n) is 3.22. The van der Waals surface area contributed by atoms with Gasteiger partial charge >= 0.3 is 0 Å². The summed E-state index contributed by atoms with van der Waals surface area (Å²) in [7, 11) is 1.48. The van der Waals surface area contributed by atoms with E-state index >= 15 is 0 Å². The standard InChI is InChI=1S/C6H9N3O3/c1-9-5(3-12-7)8-2-4(10)6(9)11/h2,10H,3,7H2,1H3. The molecule has 1 rings (SSSR count). The van der Waals surface area contributed by atoms with Gasteiger partial charge in [-0.3, -0.25) is 14.2 Å². The molecule has 0 saturated carbocycles. The van der Waals surface area contributed by atoms with Crippen molar-refractivity contribution in [2.45, 2.75) is 6.61 Å². The van der Waals surface area contributed by atoms with E-state index < -0.39 is 11.3 Å². The van der Waals surface area contributed by atoms with Crippen molar-refractivity contribution >= 4 is 0 Å². The van der Waals surface area contributed by atoms with Crippen LogP contribution in [0, 0.1) is 0 Å². The molecule has 0 atom stereocenters. The molecular formula is C6H9N3O3. The molecule has 0 amide bonds. The Morgan fingerprint density at radius 2 is 2.50 bits per heavy atom. The van der Waals surface area contributed by atoms with Gasteiger partial charge in [0.25, 0.3) is 5.56 Å². The number of aromatic hydroxyl groups is 1. The molecule has 0 aromatic carbocycles. The van der Waals surface area contributed by atoms with Crippen LogP contribution in [0.2, 0.25) is 0 Å². The lowest BCUT2D eigenvalue weighted by molar-refractivity contribution is 0.115. The average Bonchev–Trinajstić information content (AvgIpc) is 2.07. The Bertz CT molecular complexity index is 333. The summed E-state index contributed by atoms with van der Waals surface area (Å²) in [5.41, 5.74) is -0.517. The molecule has 0 bridgehead atoms. The third-order valence-electron chi connectivity index (χ3n) is 1.46. The van der Waals surface area contributed by atoms with Crippen molar-refractivity contribution in [3.63, 3.8) is 0 Å². The zero-order chi connectivity index (χ0) is 9.14. The second kappa shape index (κ2) is 3.33. The van der Waals surface area contributed by atoms with Gasteiger partial charge in [-0.15, -0.1) is 0 Å². The lowest BCUT2D eigenvalue weighted by atomic mass is 10.5. The van der Waals surface area contributed by atoms with Crippen LogP contribution in [0.15, 0.2) is 11.0 Å². The second-order valence-electron chi connectivity index (χ2n) is 2.23. The summed E-state index contributed by atoms with van der Waals surface area (Å²) in [4.78, 5) is 19.1. The molecule has 0 aliphatic rings. The van der Waals surface area contributed by atoms with Gasteiger partial charge < -0.3 is 5.11 Å². The highest BCUT2D eigenvalue weighted by atomic mass is 16.6. The summed E-state index contributed by atoms with van der Waals surface area (Å²) in [6.07, 6.45) is 1.07. The Kier molecular flexibility index (Phi) is 2.41. The zero-order valence-electron chi connectivity index (χ0n) is 6.52. The van der Waals surface area contributed by atoms with E-state index in [2.05, 4.69) is 9.82 Å². The van der Waals surface area contributed by atoms with Gasteiger partial charge in [-0.1, -0.05) is 0 Å². The summed E-state index contributed by atoms with van der Waals surface area (Å²) < 4.78 is 1.17. The van der Waals surface area contributed by atoms with Crippen LogP contribution in [0.5, 0.6) is 5.75 Å². The molecule has 0 aliphatic heterocycles. The van der Waals surface area contributed by atoms with Crippen LogP contribution in [0.25, 0.3) is 0 Å². The van der Waals surface area contributed by atoms with E-state index in [-0.39, 0.29) is 6.61 Å². The Balaban J connectivity index is 3.18. The molecule has 6 heteroatoms. The normalized spacial score (nSPS) is 10.2. The number of aromatic nitrogens is 2. The fraction of sp³-hybridized carbons (Fsp3) is 0.333. The maximum absolute atomic E-state index is 11.0. The van der Waals surface area contributed by atoms with Crippen LogP contribution in [0.1, 0.15) is 5.82 Å². The SMILES string of the molecule is Cn1c(CON)ncc(O)c1=O. The van der Waals surface area contributed by atoms with E-state index in [1.54, 1.807) is 0 Å². The van der Waals surface area contributed by atoms with Crippen LogP contribution in [0.4, 0.5) is 0 Å². The smallest absolute Gasteiger partial charge is 0.295 e. The summed E-state index contributed by atoms with van der Waals surface area (Å²) in [6.45, 7) is 0.0337. The highest BCUT2D eigenvalue weighted by Crippen LogP contribution is 1.98. The zero-order valence-corrected chi connectivity index (χ0v) is 6.52. The molecule has 0 saturated heterocycles. The van der Waals surface area contributed by atoms with Gasteiger partial charge in [0.15, 0.2) is 5.75 Å². The first-order chi connectivity index (χ1) is 5.66. The minimum atomic E-state index is -0.517. The third kappa shape index (κ3) is 1.44. The molecule has 12 heavy (non-hydrogen) atoms. The molecular weight excluding hydrogens is 162 g/mol. The lowest BCUT2D eigenvalue weighted by Crippen LogP contribution is -2.22. The highest BCUT2D eigenvalue weighted by molar-refractivity contribution is 5.11. The predicted molar refractivity (Wildman–Crippen MR) is 40.1 cm³/mol. The van der Waals surface area contributed by atoms with E-state index in [1.807, 2.05) is 0 Å². The topological polar surface area (TPSA) is 90.4 Å². The minimum absolute atomic E-state index is 0.0337. The van der Waals surface area contributed by atoms with Crippen LogP contribution < -0.4 is 11.5 Å². The number of hydrogen-bond donors (Lipinski definition) is 2. The fourth-order valence-corrected chi connectivity index (χ4v) is 0.775. The number of rotatable bonds is 2. The van der Waals surface area contributed by atoms with Crippen LogP contribution in [0.3, 0.4) is 0 Å². The van der Waals surface area contributed by atoms with Crippen LogP contribution in [-0.4, -0.2) is 14.7 Å². The minimum Gasteiger partial charge on any atom is -0.502 e. The molecule has 0 unspecified atom stereocenters. The predicted octanol–water partition coefficient (Wildman–Crippen LogP) is -1.12. The molecule has 66 valence electrons. The van der Waals surface area contributed by atoms with E-state index in [4.69, 9.17) is 11.0 Å². The first-order valence-corrected chi connectivity index (χ1v) is 3.22. The molecule has 0 spiro atoms. The van der Waals surface area contributed by atoms with Crippen molar-refractivity contribution < 1.29 is 9.94 Å². The Labute approximate surface area is 68.2 Å². The quantitative estimate of drug-likeness (QED) is 0.550. The molecule has 0 aliphatic carbocycles. The maximum Gasteiger partial charge on any atom is 0.295 e. The van der Waals surface area contributed by atoms with Gasteiger partial charge in [-0.05, 0) is 0 Å². The summed E-state index contributed by atoms with van der Waals surface area (Å²) in [5.74, 6) is 4.77. The monoisotopic (exact) mass is 171 g/mol. The van der Waals surface area contributed by atoms with E-state index in [1.165, 1.54) is 11.6 Å². The van der Waals surface area contributed by atoms with E-state index in [0.717, 1.165) is 6.20 Å². The van der Waals surface area contributed by atoms with Crippen molar-refractivity contribution in [1.82, 2.24) is 9.55 Å². The Morgan fingerprint density at radius 1 is 1.83 bits per heavy atom. The van der Waals surface area contributed by atoms with Crippen molar-refractivity contribution in [2.75, 3.05) is 0 Å². The van der Waals surface area contributed by atoms with Gasteiger partial charge in [-0.2, -0.15) is 0 Å². The van der Waals surface area contributed by atoms with Crippen molar-refractivity contribution in [3.8, 4) is 5.75 Å².